The third-order valence-electron chi connectivity index (χ3n) is 5.77. The highest BCUT2D eigenvalue weighted by molar-refractivity contribution is 6.22. The SMILES string of the molecule is C[C@H](Cc1ccc(C(C)(C)C)cc1)C(=O)C1C(=O)O[C@@H](CCc2ccccc2)C1=O. The molecule has 0 N–H and O–H groups in total. The van der Waals surface area contributed by atoms with Gasteiger partial charge in [0.1, 0.15) is 0 Å². The van der Waals surface area contributed by atoms with Crippen molar-refractivity contribution in [1.29, 1.82) is 0 Å². The lowest BCUT2D eigenvalue weighted by atomic mass is 9.84. The zero-order valence-corrected chi connectivity index (χ0v) is 18.2. The van der Waals surface area contributed by atoms with E-state index >= 15 is 0 Å². The summed E-state index contributed by atoms with van der Waals surface area (Å²) < 4.78 is 5.27. The van der Waals surface area contributed by atoms with Crippen LogP contribution in [0.25, 0.3) is 0 Å². The van der Waals surface area contributed by atoms with E-state index in [2.05, 4.69) is 32.9 Å². The summed E-state index contributed by atoms with van der Waals surface area (Å²) in [6, 6.07) is 17.9. The van der Waals surface area contributed by atoms with Crippen LogP contribution in [0, 0.1) is 11.8 Å². The number of ketones is 2. The number of hydrogen-bond acceptors (Lipinski definition) is 4. The van der Waals surface area contributed by atoms with Gasteiger partial charge in [0, 0.05) is 5.92 Å². The van der Waals surface area contributed by atoms with E-state index in [4.69, 9.17) is 4.74 Å². The molecule has 3 atom stereocenters. The summed E-state index contributed by atoms with van der Waals surface area (Å²) >= 11 is 0. The molecule has 0 spiro atoms. The number of carbonyl (C=O) groups is 3. The highest BCUT2D eigenvalue weighted by Gasteiger charge is 2.48. The summed E-state index contributed by atoms with van der Waals surface area (Å²) in [6.07, 6.45) is 0.696. The van der Waals surface area contributed by atoms with E-state index in [0.717, 1.165) is 11.1 Å². The van der Waals surface area contributed by atoms with Crippen LogP contribution in [0.2, 0.25) is 0 Å². The molecule has 30 heavy (non-hydrogen) atoms. The van der Waals surface area contributed by atoms with Gasteiger partial charge in [-0.05, 0) is 41.4 Å². The fourth-order valence-electron chi connectivity index (χ4n) is 3.85. The topological polar surface area (TPSA) is 60.4 Å². The summed E-state index contributed by atoms with van der Waals surface area (Å²) in [7, 11) is 0. The number of rotatable bonds is 7. The van der Waals surface area contributed by atoms with E-state index in [1.807, 2.05) is 42.5 Å². The van der Waals surface area contributed by atoms with Gasteiger partial charge in [0.15, 0.2) is 23.6 Å². The second-order valence-electron chi connectivity index (χ2n) is 9.24. The molecule has 1 aliphatic rings. The minimum absolute atomic E-state index is 0.0642. The van der Waals surface area contributed by atoms with Crippen molar-refractivity contribution >= 4 is 17.5 Å². The standard InChI is InChI=1S/C26H30O4/c1-17(16-19-10-13-20(14-11-19)26(2,3)4)23(27)22-24(28)21(30-25(22)29)15-12-18-8-6-5-7-9-18/h5-11,13-14,17,21-22H,12,15-16H2,1-4H3/t17-,21+,22?/m1/s1. The molecule has 1 fully saturated rings. The van der Waals surface area contributed by atoms with Crippen LogP contribution in [0.3, 0.4) is 0 Å². The first kappa shape index (κ1) is 21.9. The van der Waals surface area contributed by atoms with Crippen LogP contribution in [0.15, 0.2) is 54.6 Å². The predicted octanol–water partition coefficient (Wildman–Crippen LogP) is 4.48. The minimum atomic E-state index is -1.28. The van der Waals surface area contributed by atoms with Gasteiger partial charge in [-0.1, -0.05) is 82.3 Å². The Kier molecular flexibility index (Phi) is 6.55. The molecule has 3 rings (SSSR count). The summed E-state index contributed by atoms with van der Waals surface area (Å²) in [5, 5.41) is 0. The van der Waals surface area contributed by atoms with Crippen molar-refractivity contribution < 1.29 is 19.1 Å². The maximum atomic E-state index is 12.9. The van der Waals surface area contributed by atoms with Crippen LogP contribution >= 0.6 is 0 Å². The average molecular weight is 407 g/mol. The van der Waals surface area contributed by atoms with Gasteiger partial charge in [-0.2, -0.15) is 0 Å². The molecule has 0 aliphatic carbocycles. The predicted molar refractivity (Wildman–Crippen MR) is 116 cm³/mol. The van der Waals surface area contributed by atoms with Crippen molar-refractivity contribution in [2.45, 2.75) is 58.5 Å². The van der Waals surface area contributed by atoms with Crippen LogP contribution in [0.1, 0.15) is 50.8 Å². The molecular formula is C26H30O4. The minimum Gasteiger partial charge on any atom is -0.453 e. The van der Waals surface area contributed by atoms with Crippen LogP contribution in [0.4, 0.5) is 0 Å². The Morgan fingerprint density at radius 2 is 1.60 bits per heavy atom. The molecule has 0 amide bonds. The third-order valence-corrected chi connectivity index (χ3v) is 5.77. The van der Waals surface area contributed by atoms with Gasteiger partial charge in [-0.25, -0.2) is 0 Å². The van der Waals surface area contributed by atoms with E-state index in [-0.39, 0.29) is 11.2 Å². The Balaban J connectivity index is 1.61. The van der Waals surface area contributed by atoms with Gasteiger partial charge < -0.3 is 4.74 Å². The first-order valence-corrected chi connectivity index (χ1v) is 10.6. The molecule has 1 saturated heterocycles. The van der Waals surface area contributed by atoms with E-state index in [1.165, 1.54) is 5.56 Å². The molecule has 1 unspecified atom stereocenters. The smallest absolute Gasteiger partial charge is 0.325 e. The van der Waals surface area contributed by atoms with Gasteiger partial charge in [0.05, 0.1) is 0 Å². The zero-order valence-electron chi connectivity index (χ0n) is 18.2. The van der Waals surface area contributed by atoms with Gasteiger partial charge in [-0.3, -0.25) is 14.4 Å². The van der Waals surface area contributed by atoms with Crippen molar-refractivity contribution in [2.24, 2.45) is 11.8 Å². The average Bonchev–Trinajstić information content (AvgIpc) is 2.99. The number of ether oxygens (including phenoxy) is 1. The van der Waals surface area contributed by atoms with E-state index in [9.17, 15) is 14.4 Å². The Morgan fingerprint density at radius 3 is 2.20 bits per heavy atom. The molecule has 1 heterocycles. The largest absolute Gasteiger partial charge is 0.453 e. The molecule has 2 aromatic rings. The number of carbonyl (C=O) groups excluding carboxylic acids is 3. The quantitative estimate of drug-likeness (QED) is 0.503. The van der Waals surface area contributed by atoms with Crippen molar-refractivity contribution in [3.05, 3.63) is 71.3 Å². The lowest BCUT2D eigenvalue weighted by Crippen LogP contribution is -2.32. The van der Waals surface area contributed by atoms with E-state index in [0.29, 0.717) is 19.3 Å². The Labute approximate surface area is 178 Å². The molecule has 1 aliphatic heterocycles. The van der Waals surface area contributed by atoms with Gasteiger partial charge in [0.2, 0.25) is 0 Å². The fraction of sp³-hybridized carbons (Fsp3) is 0.423. The monoisotopic (exact) mass is 406 g/mol. The number of benzene rings is 2. The zero-order chi connectivity index (χ0) is 21.9. The maximum absolute atomic E-state index is 12.9. The third kappa shape index (κ3) is 5.05. The number of esters is 1. The number of aryl methyl sites for hydroxylation is 1. The molecule has 4 nitrogen and oxygen atoms in total. The van der Waals surface area contributed by atoms with Gasteiger partial charge >= 0.3 is 5.97 Å². The van der Waals surface area contributed by atoms with Crippen LogP contribution in [0.5, 0.6) is 0 Å². The van der Waals surface area contributed by atoms with Crippen molar-refractivity contribution in [2.75, 3.05) is 0 Å². The molecule has 0 aromatic heterocycles. The fourth-order valence-corrected chi connectivity index (χ4v) is 3.85. The Morgan fingerprint density at radius 1 is 0.967 bits per heavy atom. The Hall–Kier alpha value is -2.75. The van der Waals surface area contributed by atoms with Crippen molar-refractivity contribution in [3.63, 3.8) is 0 Å². The maximum Gasteiger partial charge on any atom is 0.325 e. The molecule has 158 valence electrons. The van der Waals surface area contributed by atoms with Gasteiger partial charge in [0.25, 0.3) is 0 Å². The van der Waals surface area contributed by atoms with Crippen molar-refractivity contribution in [1.82, 2.24) is 0 Å². The molecule has 2 aromatic carbocycles. The van der Waals surface area contributed by atoms with Crippen molar-refractivity contribution in [3.8, 4) is 0 Å². The highest BCUT2D eigenvalue weighted by atomic mass is 16.6. The first-order valence-electron chi connectivity index (χ1n) is 10.6. The van der Waals surface area contributed by atoms with Crippen LogP contribution in [-0.4, -0.2) is 23.6 Å². The number of Topliss-reactive ketones (excluding diaryl/α,β-unsaturated/α-hetero) is 2. The number of cyclic esters (lactones) is 1. The normalized spacial score (nSPS) is 20.1. The molecular weight excluding hydrogens is 376 g/mol. The first-order chi connectivity index (χ1) is 14.2. The van der Waals surface area contributed by atoms with Gasteiger partial charge in [-0.15, -0.1) is 0 Å². The second kappa shape index (κ2) is 8.95. The number of hydrogen-bond donors (Lipinski definition) is 0. The summed E-state index contributed by atoms with van der Waals surface area (Å²) in [4.78, 5) is 37.9. The Bertz CT molecular complexity index is 906. The van der Waals surface area contributed by atoms with E-state index in [1.54, 1.807) is 6.92 Å². The molecule has 0 radical (unpaired) electrons. The summed E-state index contributed by atoms with van der Waals surface area (Å²) in [6.45, 7) is 8.23. The van der Waals surface area contributed by atoms with Crippen LogP contribution in [-0.2, 0) is 37.4 Å². The molecule has 4 heteroatoms. The molecule has 0 bridgehead atoms. The summed E-state index contributed by atoms with van der Waals surface area (Å²) in [5.41, 5.74) is 3.38. The molecule has 0 saturated carbocycles. The highest BCUT2D eigenvalue weighted by Crippen LogP contribution is 2.27. The lowest BCUT2D eigenvalue weighted by molar-refractivity contribution is -0.147. The summed E-state index contributed by atoms with van der Waals surface area (Å²) in [5.74, 6) is -3.14. The second-order valence-corrected chi connectivity index (χ2v) is 9.24. The van der Waals surface area contributed by atoms with Crippen LogP contribution < -0.4 is 0 Å². The van der Waals surface area contributed by atoms with E-state index < -0.39 is 29.7 Å². The lowest BCUT2D eigenvalue weighted by Gasteiger charge is -2.19.